The number of thiazole rings is 6. The summed E-state index contributed by atoms with van der Waals surface area (Å²) in [5, 5.41) is 42.6. The van der Waals surface area contributed by atoms with E-state index in [4.69, 9.17) is 21.3 Å². The highest BCUT2D eigenvalue weighted by Crippen LogP contribution is 2.41. The van der Waals surface area contributed by atoms with Crippen molar-refractivity contribution in [3.63, 3.8) is 0 Å². The van der Waals surface area contributed by atoms with E-state index in [9.17, 15) is 62.3 Å². The van der Waals surface area contributed by atoms with Crippen molar-refractivity contribution in [3.05, 3.63) is 99.5 Å². The molecule has 5 aliphatic carbocycles. The van der Waals surface area contributed by atoms with Crippen LogP contribution in [0.25, 0.3) is 32.1 Å². The van der Waals surface area contributed by atoms with E-state index in [1.165, 1.54) is 84.4 Å². The van der Waals surface area contributed by atoms with Gasteiger partial charge in [0.15, 0.2) is 23.0 Å². The van der Waals surface area contributed by atoms with Crippen LogP contribution in [0.1, 0.15) is 229 Å². The first kappa shape index (κ1) is 96.8. The summed E-state index contributed by atoms with van der Waals surface area (Å²) in [6.45, 7) is 17.9. The largest absolute Gasteiger partial charge is 0.476 e. The number of hydrogen-bond acceptors (Lipinski definition) is 30. The smallest absolute Gasteiger partial charge is 0.414 e. The Kier molecular flexibility index (Phi) is 35.2. The lowest BCUT2D eigenvalue weighted by atomic mass is 10.0. The number of carbonyl (C=O) groups is 13. The molecule has 1 aliphatic heterocycles. The molecule has 3 atom stereocenters. The monoisotopic (exact) mass is 1820 g/mol. The van der Waals surface area contributed by atoms with Crippen molar-refractivity contribution < 1.29 is 72.2 Å². The fraction of sp³-hybridized carbons (Fsp3) is 0.565. The SMILES string of the molecule is CN(CCCN)CCCN.C[C@H]1CC/C(=C/C(=O)NC2(C(=O)CC(=O)CCc3nc(-c4nc(C(=O)O)cs4)cs3)CC2)N1C(=O)OC(C)(C)C.C[C@H]1CC/C(=C/C(=O)NC2(C(=O)CC(=O)NCc3nc(-c4nc(C(=O)NCCCN(C)CCCNC(=O)c5csc(-c6csc(CNC(=O)CC(=O)C7(NC(=O)/C=C8/CC[C@H](C)C8)CC7)n6)n5)cs4)cs3)CC2)C1. The Morgan fingerprint density at radius 2 is 0.903 bits per heavy atom. The van der Waals surface area contributed by atoms with Gasteiger partial charge in [0.2, 0.25) is 29.5 Å². The number of nitrogens with zero attached hydrogens (tertiary/aromatic N) is 9. The van der Waals surface area contributed by atoms with Crippen LogP contribution >= 0.6 is 68.0 Å². The van der Waals surface area contributed by atoms with Gasteiger partial charge in [-0.1, -0.05) is 25.0 Å². The highest BCUT2D eigenvalue weighted by molar-refractivity contribution is 7.15. The molecule has 8 amide bonds. The van der Waals surface area contributed by atoms with Crippen molar-refractivity contribution >= 4 is 145 Å². The number of likely N-dealkylation sites (tertiary alicyclic amines) is 1. The van der Waals surface area contributed by atoms with Crippen LogP contribution in [0, 0.1) is 11.8 Å². The highest BCUT2D eigenvalue weighted by atomic mass is 32.1. The summed E-state index contributed by atoms with van der Waals surface area (Å²) in [6, 6.07) is -0.110. The Bertz CT molecular complexity index is 4720. The maximum atomic E-state index is 13.0. The quantitative estimate of drug-likeness (QED) is 0.00967. The van der Waals surface area contributed by atoms with Crippen molar-refractivity contribution in [1.82, 2.24) is 81.8 Å². The van der Waals surface area contributed by atoms with Crippen molar-refractivity contribution in [1.29, 1.82) is 0 Å². The number of aryl methyl sites for hydroxylation is 1. The minimum absolute atomic E-state index is 0.0429. The van der Waals surface area contributed by atoms with Gasteiger partial charge in [0.05, 0.1) is 54.0 Å². The lowest BCUT2D eigenvalue weighted by Crippen LogP contribution is -2.44. The number of rotatable bonds is 42. The van der Waals surface area contributed by atoms with E-state index in [0.29, 0.717) is 148 Å². The van der Waals surface area contributed by atoms with Crippen LogP contribution in [0.15, 0.2) is 67.4 Å². The maximum absolute atomic E-state index is 13.0. The molecule has 7 heterocycles. The second-order valence-electron chi connectivity index (χ2n) is 33.7. The minimum Gasteiger partial charge on any atom is -0.476 e. The molecule has 0 spiro atoms. The average Bonchev–Trinajstić information content (AvgIpc) is 1.63. The number of aromatic carboxylic acids is 1. The number of carboxylic acids is 1. The maximum Gasteiger partial charge on any atom is 0.414 e. The average molecular weight is 1820 g/mol. The highest BCUT2D eigenvalue weighted by Gasteiger charge is 2.53. The third-order valence-electron chi connectivity index (χ3n) is 21.7. The van der Waals surface area contributed by atoms with Gasteiger partial charge in [0.1, 0.15) is 64.9 Å². The zero-order valence-corrected chi connectivity index (χ0v) is 76.5. The molecule has 6 aromatic rings. The summed E-state index contributed by atoms with van der Waals surface area (Å²) >= 11 is 7.79. The Morgan fingerprint density at radius 1 is 0.508 bits per heavy atom. The first-order valence-corrected chi connectivity index (χ1v) is 47.4. The number of Topliss-reactive ketones (excluding diaryl/α,β-unsaturated/α-hetero) is 4. The lowest BCUT2D eigenvalue weighted by molar-refractivity contribution is -0.132. The van der Waals surface area contributed by atoms with Crippen molar-refractivity contribution in [2.45, 2.75) is 231 Å². The van der Waals surface area contributed by atoms with Crippen LogP contribution in [-0.2, 0) is 67.4 Å². The second-order valence-corrected chi connectivity index (χ2v) is 39.1. The summed E-state index contributed by atoms with van der Waals surface area (Å²) in [5.41, 5.74) is 12.1. The predicted octanol–water partition coefficient (Wildman–Crippen LogP) is 9.65. The molecule has 12 N–H and O–H groups in total. The van der Waals surface area contributed by atoms with E-state index < -0.39 is 52.0 Å². The lowest BCUT2D eigenvalue weighted by Gasteiger charge is -2.28. The third kappa shape index (κ3) is 29.6. The number of hydrogen-bond donors (Lipinski definition) is 10. The second kappa shape index (κ2) is 45.1. The van der Waals surface area contributed by atoms with Gasteiger partial charge < -0.3 is 68.3 Å². The summed E-state index contributed by atoms with van der Waals surface area (Å²) in [4.78, 5) is 197. The van der Waals surface area contributed by atoms with E-state index in [1.807, 2.05) is 24.7 Å². The Hall–Kier alpha value is -9.45. The zero-order chi connectivity index (χ0) is 89.5. The van der Waals surface area contributed by atoms with E-state index in [2.05, 4.69) is 97.8 Å². The van der Waals surface area contributed by atoms with Crippen LogP contribution in [0.2, 0.25) is 0 Å². The molecule has 0 bridgehead atoms. The minimum atomic E-state index is -1.11. The number of nitrogens with two attached hydrogens (primary N) is 2. The van der Waals surface area contributed by atoms with Crippen molar-refractivity contribution in [2.75, 3.05) is 66.5 Å². The normalized spacial score (nSPS) is 18.5. The number of aromatic nitrogens is 6. The van der Waals surface area contributed by atoms with Gasteiger partial charge in [-0.15, -0.1) is 68.0 Å². The van der Waals surface area contributed by atoms with Gasteiger partial charge in [-0.2, -0.15) is 0 Å². The van der Waals surface area contributed by atoms with Gasteiger partial charge in [0, 0.05) is 88.2 Å². The fourth-order valence-electron chi connectivity index (χ4n) is 14.2. The molecule has 124 heavy (non-hydrogen) atoms. The Morgan fingerprint density at radius 3 is 1.30 bits per heavy atom. The Labute approximate surface area is 745 Å². The number of ether oxygens (including phenoxy) is 1. The molecule has 12 rings (SSSR count). The number of carboxylic acid groups (broad SMARTS) is 1. The molecule has 0 aromatic carbocycles. The van der Waals surface area contributed by atoms with Crippen LogP contribution in [0.4, 0.5) is 4.79 Å². The molecule has 6 aliphatic rings. The number of ketones is 4. The van der Waals surface area contributed by atoms with Gasteiger partial charge in [-0.05, 0) is 208 Å². The van der Waals surface area contributed by atoms with Crippen molar-refractivity contribution in [2.24, 2.45) is 23.3 Å². The zero-order valence-electron chi connectivity index (χ0n) is 71.6. The van der Waals surface area contributed by atoms with E-state index in [1.54, 1.807) is 49.1 Å². The van der Waals surface area contributed by atoms with E-state index in [0.717, 1.165) is 102 Å². The fourth-order valence-corrected chi connectivity index (χ4v) is 18.9. The summed E-state index contributed by atoms with van der Waals surface area (Å²) < 4.78 is 5.48. The van der Waals surface area contributed by atoms with E-state index >= 15 is 0 Å². The first-order valence-electron chi connectivity index (χ1n) is 42.1. The summed E-state index contributed by atoms with van der Waals surface area (Å²) in [7, 11) is 4.08. The summed E-state index contributed by atoms with van der Waals surface area (Å²) in [6.07, 6.45) is 17.2. The third-order valence-corrected chi connectivity index (χ3v) is 26.9. The van der Waals surface area contributed by atoms with Crippen LogP contribution in [0.5, 0.6) is 0 Å². The van der Waals surface area contributed by atoms with Gasteiger partial charge in [-0.3, -0.25) is 57.6 Å². The molecule has 1 saturated heterocycles. The van der Waals surface area contributed by atoms with Gasteiger partial charge in [0.25, 0.3) is 11.8 Å². The number of amides is 8. The molecule has 0 unspecified atom stereocenters. The molecule has 39 heteroatoms. The molecule has 33 nitrogen and oxygen atoms in total. The first-order chi connectivity index (χ1) is 59.1. The molecule has 670 valence electrons. The van der Waals surface area contributed by atoms with E-state index in [-0.39, 0.29) is 109 Å². The number of carbonyl (C=O) groups excluding carboxylic acids is 12. The summed E-state index contributed by atoms with van der Waals surface area (Å²) in [5.74, 6) is -3.59. The molecule has 6 aromatic heterocycles. The number of nitrogens with one attached hydrogen (secondary N) is 7. The standard InChI is InChI=1S/C51H63N11O8S4.C27H32N4O7S2.C7H19N3/c1-30-6-8-32(18-30)20-42(67)60-50(10-11-50)38(63)22-40(65)54-24-44-56-36(28-71-44)48-58-34(26-73-48)46(69)52-14-4-16-62(3)17-5-15-53-47(70)35-27-74-49(59-35)37-29-72-45(57-37)25-55-41(66)23-39(64)51(12-13-51)61-43(68)21-33-9-7-31(2)19-33;1-15-5-6-16(31(15)25(37)38-26(2,3)4)11-21(34)30-27(9-10-27)20(33)12-17(32)7-8-22-28-18(13-39-22)23-29-19(14-40-23)24(35)36;1-10(6-2-4-8)7-3-5-9/h20-21,26-31H,4-19,22-25H2,1-3H3,(H,52,69)(H,53,70)(H,54,65)(H,55,66)(H,60,67)(H,61,68);11,13-15H,5-10,12H2,1-4H3,(H,30,34)(H,35,36);2-9H2,1H3/b32-20-,33-21-;16-11-;/t30-,31-;15-;/m00./s1. The molecule has 6 fully saturated rings. The van der Waals surface area contributed by atoms with Crippen LogP contribution in [0.3, 0.4) is 0 Å². The van der Waals surface area contributed by atoms with Crippen LogP contribution < -0.4 is 48.7 Å². The van der Waals surface area contributed by atoms with Crippen molar-refractivity contribution in [3.8, 4) is 32.1 Å². The number of allylic oxidation sites excluding steroid dienone is 3. The topological polar surface area (TPSA) is 475 Å². The molecule has 5 saturated carbocycles. The van der Waals surface area contributed by atoms with Gasteiger partial charge in [-0.25, -0.2) is 39.5 Å². The molecular formula is C85H114N18O15S6. The van der Waals surface area contributed by atoms with Gasteiger partial charge >= 0.3 is 12.1 Å². The van der Waals surface area contributed by atoms with Crippen LogP contribution in [-0.4, -0.2) is 221 Å². The predicted molar refractivity (Wildman–Crippen MR) is 476 cm³/mol. The molecule has 0 radical (unpaired) electrons. The molecular weight excluding hydrogens is 1710 g/mol. The Balaban J connectivity index is 0.000000267.